The lowest BCUT2D eigenvalue weighted by Gasteiger charge is -1.95. The molecule has 0 spiro atoms. The van der Waals surface area contributed by atoms with E-state index in [4.69, 9.17) is 0 Å². The van der Waals surface area contributed by atoms with Crippen molar-refractivity contribution >= 4 is 17.6 Å². The van der Waals surface area contributed by atoms with Crippen molar-refractivity contribution < 1.29 is 13.9 Å². The van der Waals surface area contributed by atoms with E-state index < -0.39 is 11.8 Å². The molecule has 0 rings (SSSR count). The fourth-order valence-electron chi connectivity index (χ4n) is 0.125. The van der Waals surface area contributed by atoms with Crippen molar-refractivity contribution in [3.05, 3.63) is 0 Å². The Bertz CT molecular complexity index is 73.3. The lowest BCUT2D eigenvalue weighted by molar-refractivity contribution is -0.148. The van der Waals surface area contributed by atoms with Gasteiger partial charge in [-0.05, 0) is 11.6 Å². The molecule has 1 unspecified atom stereocenters. The van der Waals surface area contributed by atoms with Gasteiger partial charge in [-0.25, -0.2) is 0 Å². The first-order chi connectivity index (χ1) is 3.13. The lowest BCUT2D eigenvalue weighted by atomic mass is 10.8. The summed E-state index contributed by atoms with van der Waals surface area (Å²) >= 11 is 4.56. The molecule has 0 radical (unpaired) electrons. The third kappa shape index (κ3) is 5.69. The summed E-state index contributed by atoms with van der Waals surface area (Å²) in [7, 11) is 0. The Morgan fingerprint density at radius 1 is 2.00 bits per heavy atom. The monoisotopic (exact) mass is 126 g/mol. The third-order valence-electron chi connectivity index (χ3n) is 0.255. The Morgan fingerprint density at radius 3 is 2.43 bits per heavy atom. The van der Waals surface area contributed by atoms with Gasteiger partial charge in [-0.3, -0.25) is 4.79 Å². The van der Waals surface area contributed by atoms with Gasteiger partial charge in [0.25, 0.3) is 0 Å². The van der Waals surface area contributed by atoms with Gasteiger partial charge in [0.15, 0.2) is 0 Å². The molecule has 0 saturated carbocycles. The zero-order valence-corrected chi connectivity index (χ0v) is 4.41. The number of carbonyl (C=O) groups is 1. The molecule has 0 aromatic rings. The van der Waals surface area contributed by atoms with Gasteiger partial charge in [0.2, 0.25) is 0 Å². The van der Waals surface area contributed by atoms with Crippen molar-refractivity contribution in [2.75, 3.05) is 0 Å². The molecule has 7 heavy (non-hydrogen) atoms. The first-order valence-electron chi connectivity index (χ1n) is 1.58. The highest BCUT2D eigenvalue weighted by molar-refractivity contribution is 6.19. The zero-order chi connectivity index (χ0) is 5.86. The van der Waals surface area contributed by atoms with Crippen LogP contribution in [0.15, 0.2) is 0 Å². The van der Waals surface area contributed by atoms with E-state index in [1.807, 2.05) is 0 Å². The first-order valence-corrected chi connectivity index (χ1v) is 2.02. The van der Waals surface area contributed by atoms with E-state index in [1.165, 1.54) is 0 Å². The molecule has 0 bridgehead atoms. The van der Waals surface area contributed by atoms with Crippen molar-refractivity contribution in [1.29, 1.82) is 0 Å². The number of ether oxygens (including phenoxy) is 1. The molecule has 0 fully saturated rings. The van der Waals surface area contributed by atoms with Crippen molar-refractivity contribution in [2.45, 2.75) is 12.7 Å². The van der Waals surface area contributed by atoms with Crippen molar-refractivity contribution in [2.24, 2.45) is 0 Å². The number of alkyl halides is 2. The summed E-state index contributed by atoms with van der Waals surface area (Å²) in [6, 6.07) is 0. The standard InChI is InChI=1S/C3H4ClFO2/c1-2(6)7-3(4)5/h3H,1H3. The molecule has 0 amide bonds. The van der Waals surface area contributed by atoms with Crippen molar-refractivity contribution in [3.63, 3.8) is 0 Å². The normalized spacial score (nSPS) is 13.0. The number of hydrogen-bond acceptors (Lipinski definition) is 2. The van der Waals surface area contributed by atoms with E-state index in [1.54, 1.807) is 0 Å². The van der Waals surface area contributed by atoms with Crippen LogP contribution in [-0.2, 0) is 9.53 Å². The minimum absolute atomic E-state index is 0.720. The Morgan fingerprint density at radius 2 is 2.43 bits per heavy atom. The molecule has 2 nitrogen and oxygen atoms in total. The van der Waals surface area contributed by atoms with E-state index in [0.717, 1.165) is 6.92 Å². The lowest BCUT2D eigenvalue weighted by Crippen LogP contribution is -2.02. The number of hydrogen-bond donors (Lipinski definition) is 0. The molecule has 0 aliphatic heterocycles. The molecule has 0 heterocycles. The zero-order valence-electron chi connectivity index (χ0n) is 3.65. The Hall–Kier alpha value is -0.310. The topological polar surface area (TPSA) is 26.3 Å². The van der Waals surface area contributed by atoms with E-state index in [2.05, 4.69) is 16.3 Å². The predicted octanol–water partition coefficient (Wildman–Crippen LogP) is 1.04. The second kappa shape index (κ2) is 2.80. The molecule has 0 aromatic carbocycles. The average Bonchev–Trinajstić information content (AvgIpc) is 1.27. The number of esters is 1. The van der Waals surface area contributed by atoms with Crippen LogP contribution < -0.4 is 0 Å². The molecule has 0 saturated heterocycles. The Kier molecular flexibility index (Phi) is 2.67. The largest absolute Gasteiger partial charge is 0.417 e. The van der Waals surface area contributed by atoms with Crippen LogP contribution in [0.5, 0.6) is 0 Å². The highest BCUT2D eigenvalue weighted by atomic mass is 35.5. The summed E-state index contributed by atoms with van der Waals surface area (Å²) in [5.41, 5.74) is 0. The summed E-state index contributed by atoms with van der Waals surface area (Å²) in [4.78, 5) is 9.71. The van der Waals surface area contributed by atoms with E-state index in [0.29, 0.717) is 0 Å². The number of rotatable bonds is 1. The van der Waals surface area contributed by atoms with Crippen LogP contribution >= 0.6 is 11.6 Å². The maximum atomic E-state index is 11.3. The van der Waals surface area contributed by atoms with Gasteiger partial charge in [-0.1, -0.05) is 0 Å². The van der Waals surface area contributed by atoms with Crippen molar-refractivity contribution in [3.8, 4) is 0 Å². The highest BCUT2D eigenvalue weighted by Gasteiger charge is 2.00. The second-order valence-electron chi connectivity index (χ2n) is 0.870. The van der Waals surface area contributed by atoms with Gasteiger partial charge >= 0.3 is 11.8 Å². The molecule has 0 aliphatic rings. The summed E-state index contributed by atoms with van der Waals surface area (Å²) in [6.45, 7) is 1.08. The second-order valence-corrected chi connectivity index (χ2v) is 1.21. The van der Waals surface area contributed by atoms with E-state index in [9.17, 15) is 9.18 Å². The minimum atomic E-state index is -2.00. The minimum Gasteiger partial charge on any atom is -0.417 e. The quantitative estimate of drug-likeness (QED) is 0.388. The molecular weight excluding hydrogens is 122 g/mol. The molecule has 1 atom stereocenters. The van der Waals surface area contributed by atoms with Crippen LogP contribution in [0.3, 0.4) is 0 Å². The summed E-state index contributed by atoms with van der Waals surface area (Å²) in [5, 5.41) is 0. The number of carbonyl (C=O) groups excluding carboxylic acids is 1. The van der Waals surface area contributed by atoms with Crippen LogP contribution in [0.25, 0.3) is 0 Å². The van der Waals surface area contributed by atoms with Crippen LogP contribution in [0.4, 0.5) is 4.39 Å². The van der Waals surface area contributed by atoms with Crippen molar-refractivity contribution in [1.82, 2.24) is 0 Å². The van der Waals surface area contributed by atoms with Crippen LogP contribution in [-0.4, -0.2) is 11.8 Å². The molecule has 4 heteroatoms. The van der Waals surface area contributed by atoms with Gasteiger partial charge in [-0.2, -0.15) is 4.39 Å². The highest BCUT2D eigenvalue weighted by Crippen LogP contribution is 1.97. The smallest absolute Gasteiger partial charge is 0.318 e. The first kappa shape index (κ1) is 6.69. The Balaban J connectivity index is 3.13. The van der Waals surface area contributed by atoms with E-state index >= 15 is 0 Å². The molecule has 0 N–H and O–H groups in total. The summed E-state index contributed by atoms with van der Waals surface area (Å²) in [6.07, 6.45) is 0. The van der Waals surface area contributed by atoms with Gasteiger partial charge in [-0.15, -0.1) is 0 Å². The molecule has 0 aromatic heterocycles. The van der Waals surface area contributed by atoms with Gasteiger partial charge in [0.05, 0.1) is 0 Å². The fourth-order valence-corrected chi connectivity index (χ4v) is 0.251. The predicted molar refractivity (Wildman–Crippen MR) is 22.5 cm³/mol. The summed E-state index contributed by atoms with van der Waals surface area (Å²) < 4.78 is 15.0. The maximum Gasteiger partial charge on any atom is 0.318 e. The molecular formula is C3H4ClFO2. The van der Waals surface area contributed by atoms with E-state index in [-0.39, 0.29) is 0 Å². The third-order valence-corrected chi connectivity index (χ3v) is 0.344. The average molecular weight is 127 g/mol. The van der Waals surface area contributed by atoms with Gasteiger partial charge < -0.3 is 4.74 Å². The van der Waals surface area contributed by atoms with Crippen LogP contribution in [0.2, 0.25) is 0 Å². The molecule has 42 valence electrons. The fraction of sp³-hybridized carbons (Fsp3) is 0.667. The maximum absolute atomic E-state index is 11.3. The molecule has 0 aliphatic carbocycles. The SMILES string of the molecule is CC(=O)OC(F)Cl. The number of halogens is 2. The van der Waals surface area contributed by atoms with Gasteiger partial charge in [0, 0.05) is 6.92 Å². The van der Waals surface area contributed by atoms with Gasteiger partial charge in [0.1, 0.15) is 0 Å². The Labute approximate surface area is 45.2 Å². The van der Waals surface area contributed by atoms with Crippen LogP contribution in [0.1, 0.15) is 6.92 Å². The van der Waals surface area contributed by atoms with Crippen LogP contribution in [0, 0.1) is 0 Å². The summed E-state index contributed by atoms with van der Waals surface area (Å²) in [5.74, 6) is -2.72.